The first kappa shape index (κ1) is 22.0. The first-order chi connectivity index (χ1) is 14.4. The lowest BCUT2D eigenvalue weighted by atomic mass is 10.2. The Morgan fingerprint density at radius 2 is 2.00 bits per heavy atom. The molecule has 1 heterocycles. The first-order valence-electron chi connectivity index (χ1n) is 10.0. The SMILES string of the molecule is CCCCc1nc2ccc(Br)cc2c(=O)n1N=Cc1ccc(OC(C)C)c(OC)c1. The molecule has 0 fully saturated rings. The van der Waals surface area contributed by atoms with Gasteiger partial charge in [0.25, 0.3) is 5.56 Å². The van der Waals surface area contributed by atoms with Crippen molar-refractivity contribution in [3.8, 4) is 11.5 Å². The van der Waals surface area contributed by atoms with Crippen molar-refractivity contribution in [1.29, 1.82) is 0 Å². The molecule has 2 aromatic carbocycles. The summed E-state index contributed by atoms with van der Waals surface area (Å²) in [5.74, 6) is 1.94. The zero-order valence-corrected chi connectivity index (χ0v) is 19.3. The molecule has 0 radical (unpaired) electrons. The molecule has 1 aromatic heterocycles. The van der Waals surface area contributed by atoms with Gasteiger partial charge in [-0.15, -0.1) is 0 Å². The van der Waals surface area contributed by atoms with Crippen LogP contribution in [-0.4, -0.2) is 29.1 Å². The van der Waals surface area contributed by atoms with Gasteiger partial charge in [0.15, 0.2) is 11.5 Å². The van der Waals surface area contributed by atoms with Crippen LogP contribution in [0.4, 0.5) is 0 Å². The fraction of sp³-hybridized carbons (Fsp3) is 0.348. The average Bonchev–Trinajstić information content (AvgIpc) is 2.72. The lowest BCUT2D eigenvalue weighted by Gasteiger charge is -2.13. The van der Waals surface area contributed by atoms with Gasteiger partial charge in [0.05, 0.1) is 30.3 Å². The van der Waals surface area contributed by atoms with Crippen molar-refractivity contribution in [2.75, 3.05) is 7.11 Å². The number of nitrogens with zero attached hydrogens (tertiary/aromatic N) is 3. The maximum atomic E-state index is 13.1. The summed E-state index contributed by atoms with van der Waals surface area (Å²) in [6.07, 6.45) is 4.30. The maximum absolute atomic E-state index is 13.1. The van der Waals surface area contributed by atoms with Crippen LogP contribution in [0.5, 0.6) is 11.5 Å². The number of aromatic nitrogens is 2. The van der Waals surface area contributed by atoms with Gasteiger partial charge in [-0.3, -0.25) is 4.79 Å². The zero-order chi connectivity index (χ0) is 21.7. The summed E-state index contributed by atoms with van der Waals surface area (Å²) in [6.45, 7) is 6.03. The quantitative estimate of drug-likeness (QED) is 0.424. The number of hydrogen-bond acceptors (Lipinski definition) is 5. The second-order valence-corrected chi connectivity index (χ2v) is 8.15. The van der Waals surface area contributed by atoms with Crippen molar-refractivity contribution in [3.05, 3.63) is 62.6 Å². The molecule has 0 spiro atoms. The molecule has 0 amide bonds. The lowest BCUT2D eigenvalue weighted by molar-refractivity contribution is 0.230. The molecular formula is C23H26BrN3O3. The van der Waals surface area contributed by atoms with E-state index in [-0.39, 0.29) is 11.7 Å². The van der Waals surface area contributed by atoms with Crippen molar-refractivity contribution in [1.82, 2.24) is 9.66 Å². The maximum Gasteiger partial charge on any atom is 0.282 e. The Hall–Kier alpha value is -2.67. The Kier molecular flexibility index (Phi) is 7.26. The van der Waals surface area contributed by atoms with Crippen LogP contribution in [0.2, 0.25) is 0 Å². The van der Waals surface area contributed by atoms with Crippen LogP contribution in [0.3, 0.4) is 0 Å². The molecule has 0 aliphatic rings. The Bertz CT molecular complexity index is 1120. The Labute approximate surface area is 184 Å². The predicted molar refractivity (Wildman–Crippen MR) is 124 cm³/mol. The van der Waals surface area contributed by atoms with Crippen LogP contribution in [-0.2, 0) is 6.42 Å². The Balaban J connectivity index is 2.04. The van der Waals surface area contributed by atoms with Crippen LogP contribution in [0.1, 0.15) is 45.0 Å². The number of benzene rings is 2. The molecule has 0 atom stereocenters. The van der Waals surface area contributed by atoms with Gasteiger partial charge >= 0.3 is 0 Å². The third kappa shape index (κ3) is 5.08. The molecule has 0 bridgehead atoms. The van der Waals surface area contributed by atoms with Gasteiger partial charge in [0, 0.05) is 10.9 Å². The summed E-state index contributed by atoms with van der Waals surface area (Å²) in [4.78, 5) is 17.8. The Morgan fingerprint density at radius 3 is 2.70 bits per heavy atom. The van der Waals surface area contributed by atoms with Gasteiger partial charge in [-0.1, -0.05) is 29.3 Å². The smallest absolute Gasteiger partial charge is 0.282 e. The fourth-order valence-corrected chi connectivity index (χ4v) is 3.41. The molecule has 3 rings (SSSR count). The number of ether oxygens (including phenoxy) is 2. The summed E-state index contributed by atoms with van der Waals surface area (Å²) in [5.41, 5.74) is 1.29. The van der Waals surface area contributed by atoms with Gasteiger partial charge in [0.2, 0.25) is 0 Å². The molecule has 0 aliphatic heterocycles. The van der Waals surface area contributed by atoms with E-state index in [1.807, 2.05) is 44.2 Å². The van der Waals surface area contributed by atoms with Crippen molar-refractivity contribution >= 4 is 33.0 Å². The van der Waals surface area contributed by atoms with Crippen LogP contribution in [0, 0.1) is 0 Å². The molecule has 0 saturated carbocycles. The summed E-state index contributed by atoms with van der Waals surface area (Å²) in [7, 11) is 1.60. The predicted octanol–water partition coefficient (Wildman–Crippen LogP) is 5.18. The molecule has 158 valence electrons. The van der Waals surface area contributed by atoms with E-state index in [0.717, 1.165) is 22.9 Å². The largest absolute Gasteiger partial charge is 0.493 e. The van der Waals surface area contributed by atoms with E-state index in [4.69, 9.17) is 14.5 Å². The van der Waals surface area contributed by atoms with Crippen LogP contribution in [0.25, 0.3) is 10.9 Å². The normalized spacial score (nSPS) is 11.5. The van der Waals surface area contributed by atoms with E-state index in [0.29, 0.717) is 34.6 Å². The monoisotopic (exact) mass is 471 g/mol. The van der Waals surface area contributed by atoms with Gasteiger partial charge in [-0.05, 0) is 62.2 Å². The molecule has 6 nitrogen and oxygen atoms in total. The van der Waals surface area contributed by atoms with Gasteiger partial charge in [-0.25, -0.2) is 4.98 Å². The number of methoxy groups -OCH3 is 1. The number of halogens is 1. The van der Waals surface area contributed by atoms with Gasteiger partial charge < -0.3 is 9.47 Å². The summed E-state index contributed by atoms with van der Waals surface area (Å²) in [5, 5.41) is 5.01. The van der Waals surface area contributed by atoms with E-state index in [9.17, 15) is 4.79 Å². The van der Waals surface area contributed by atoms with Crippen molar-refractivity contribution in [2.24, 2.45) is 5.10 Å². The fourth-order valence-electron chi connectivity index (χ4n) is 3.05. The minimum atomic E-state index is -0.185. The van der Waals surface area contributed by atoms with Crippen LogP contribution in [0.15, 0.2) is 50.8 Å². The zero-order valence-electron chi connectivity index (χ0n) is 17.7. The number of hydrogen-bond donors (Lipinski definition) is 0. The second-order valence-electron chi connectivity index (χ2n) is 7.23. The van der Waals surface area contributed by atoms with Gasteiger partial charge in [-0.2, -0.15) is 9.78 Å². The standard InChI is InChI=1S/C23H26BrN3O3/c1-5-6-7-22-26-19-10-9-17(24)13-18(19)23(28)27(22)25-14-16-8-11-20(30-15(2)3)21(12-16)29-4/h8-15H,5-7H2,1-4H3. The van der Waals surface area contributed by atoms with E-state index in [2.05, 4.69) is 28.0 Å². The number of rotatable bonds is 8. The summed E-state index contributed by atoms with van der Waals surface area (Å²) < 4.78 is 13.4. The Morgan fingerprint density at radius 1 is 1.20 bits per heavy atom. The third-order valence-corrected chi connectivity index (χ3v) is 5.00. The van der Waals surface area contributed by atoms with E-state index in [1.165, 1.54) is 4.68 Å². The number of fused-ring (bicyclic) bond motifs is 1. The highest BCUT2D eigenvalue weighted by Crippen LogP contribution is 2.28. The summed E-state index contributed by atoms with van der Waals surface area (Å²) >= 11 is 3.43. The minimum Gasteiger partial charge on any atom is -0.493 e. The minimum absolute atomic E-state index is 0.0427. The third-order valence-electron chi connectivity index (χ3n) is 4.50. The molecule has 0 saturated heterocycles. The number of unbranched alkanes of at least 4 members (excludes halogenated alkanes) is 1. The highest BCUT2D eigenvalue weighted by Gasteiger charge is 2.11. The highest BCUT2D eigenvalue weighted by atomic mass is 79.9. The summed E-state index contributed by atoms with van der Waals surface area (Å²) in [6, 6.07) is 11.1. The van der Waals surface area contributed by atoms with Crippen molar-refractivity contribution in [3.63, 3.8) is 0 Å². The van der Waals surface area contributed by atoms with Crippen LogP contribution >= 0.6 is 15.9 Å². The van der Waals surface area contributed by atoms with Gasteiger partial charge in [0.1, 0.15) is 5.82 Å². The first-order valence-corrected chi connectivity index (χ1v) is 10.8. The van der Waals surface area contributed by atoms with Crippen molar-refractivity contribution in [2.45, 2.75) is 46.1 Å². The van der Waals surface area contributed by atoms with Crippen LogP contribution < -0.4 is 15.0 Å². The lowest BCUT2D eigenvalue weighted by Crippen LogP contribution is -2.22. The molecule has 7 heteroatoms. The highest BCUT2D eigenvalue weighted by molar-refractivity contribution is 9.10. The molecule has 0 aliphatic carbocycles. The number of aryl methyl sites for hydroxylation is 1. The molecular weight excluding hydrogens is 446 g/mol. The molecule has 3 aromatic rings. The van der Waals surface area contributed by atoms with E-state index >= 15 is 0 Å². The van der Waals surface area contributed by atoms with E-state index in [1.54, 1.807) is 19.4 Å². The molecule has 0 N–H and O–H groups in total. The average molecular weight is 472 g/mol. The van der Waals surface area contributed by atoms with E-state index < -0.39 is 0 Å². The molecule has 30 heavy (non-hydrogen) atoms. The van der Waals surface area contributed by atoms with Crippen molar-refractivity contribution < 1.29 is 9.47 Å². The topological polar surface area (TPSA) is 65.7 Å². The second kappa shape index (κ2) is 9.89. The molecule has 0 unspecified atom stereocenters.